The molecule has 1 aromatic carbocycles. The van der Waals surface area contributed by atoms with Crippen molar-refractivity contribution in [2.24, 2.45) is 0 Å². The van der Waals surface area contributed by atoms with E-state index in [1.807, 2.05) is 32.1 Å². The van der Waals surface area contributed by atoms with Crippen LogP contribution in [-0.4, -0.2) is 13.1 Å². The fourth-order valence-electron chi connectivity index (χ4n) is 4.13. The Kier molecular flexibility index (Phi) is 4.42. The third-order valence-corrected chi connectivity index (χ3v) is 5.33. The van der Waals surface area contributed by atoms with E-state index in [0.717, 1.165) is 17.1 Å². The minimum absolute atomic E-state index is 0.705. The van der Waals surface area contributed by atoms with Gasteiger partial charge in [-0.2, -0.15) is 5.26 Å². The largest absolute Gasteiger partial charge is 0.462 e. The molecule has 3 nitrogen and oxygen atoms in total. The molecule has 0 radical (unpaired) electrons. The van der Waals surface area contributed by atoms with Crippen molar-refractivity contribution in [3.05, 3.63) is 69.7 Å². The number of benzene rings is 1. The van der Waals surface area contributed by atoms with Gasteiger partial charge in [0.25, 0.3) is 0 Å². The minimum Gasteiger partial charge on any atom is -0.462 e. The lowest BCUT2D eigenvalue weighted by Crippen LogP contribution is -2.34. The summed E-state index contributed by atoms with van der Waals surface area (Å²) in [5.74, 6) is 1.59. The summed E-state index contributed by atoms with van der Waals surface area (Å²) in [7, 11) is 0. The molecule has 0 atom stereocenters. The van der Waals surface area contributed by atoms with Gasteiger partial charge in [-0.3, -0.25) is 0 Å². The monoisotopic (exact) mass is 344 g/mol. The smallest absolute Gasteiger partial charge is 0.127 e. The number of hydrogen-bond donors (Lipinski definition) is 0. The minimum atomic E-state index is 0.705. The number of rotatable bonds is 2. The van der Waals surface area contributed by atoms with E-state index in [-0.39, 0.29) is 0 Å². The summed E-state index contributed by atoms with van der Waals surface area (Å²) in [5, 5.41) is 9.14. The Labute approximate surface area is 155 Å². The van der Waals surface area contributed by atoms with Gasteiger partial charge in [0.1, 0.15) is 11.5 Å². The quantitative estimate of drug-likeness (QED) is 0.704. The van der Waals surface area contributed by atoms with Crippen molar-refractivity contribution in [2.75, 3.05) is 18.0 Å². The topological polar surface area (TPSA) is 36.3 Å². The van der Waals surface area contributed by atoms with Gasteiger partial charge in [-0.05, 0) is 92.2 Å². The fraction of sp³-hybridized carbons (Fsp3) is 0.348. The third-order valence-electron chi connectivity index (χ3n) is 5.33. The van der Waals surface area contributed by atoms with Gasteiger partial charge >= 0.3 is 0 Å². The molecule has 26 heavy (non-hydrogen) atoms. The maximum atomic E-state index is 9.14. The summed E-state index contributed by atoms with van der Waals surface area (Å²) in [6, 6.07) is 6.87. The number of aryl methyl sites for hydroxylation is 2. The highest BCUT2D eigenvalue weighted by Gasteiger charge is 2.23. The van der Waals surface area contributed by atoms with Crippen molar-refractivity contribution in [1.82, 2.24) is 0 Å². The second-order valence-corrected chi connectivity index (χ2v) is 7.31. The number of allylic oxidation sites excluding steroid dienone is 6. The average molecular weight is 344 g/mol. The van der Waals surface area contributed by atoms with Crippen LogP contribution in [0.25, 0.3) is 6.08 Å². The Morgan fingerprint density at radius 2 is 1.81 bits per heavy atom. The van der Waals surface area contributed by atoms with Crippen LogP contribution in [0.5, 0.6) is 0 Å². The van der Waals surface area contributed by atoms with Crippen molar-refractivity contribution in [3.63, 3.8) is 0 Å². The van der Waals surface area contributed by atoms with Crippen LogP contribution < -0.4 is 4.90 Å². The van der Waals surface area contributed by atoms with Crippen LogP contribution in [0.4, 0.5) is 5.69 Å². The summed E-state index contributed by atoms with van der Waals surface area (Å²) in [5.41, 5.74) is 7.35. The summed E-state index contributed by atoms with van der Waals surface area (Å²) >= 11 is 0. The number of nitriles is 1. The average Bonchev–Trinajstić information content (AvgIpc) is 2.66. The molecular formula is C23H24N2O. The third kappa shape index (κ3) is 3.20. The zero-order valence-corrected chi connectivity index (χ0v) is 15.5. The molecule has 0 aliphatic carbocycles. The van der Waals surface area contributed by atoms with E-state index >= 15 is 0 Å². The first kappa shape index (κ1) is 16.7. The van der Waals surface area contributed by atoms with Crippen LogP contribution in [0, 0.1) is 11.3 Å². The van der Waals surface area contributed by atoms with E-state index in [2.05, 4.69) is 29.2 Å². The summed E-state index contributed by atoms with van der Waals surface area (Å²) in [6.07, 6.45) is 12.8. The number of ether oxygens (including phenoxy) is 1. The molecule has 0 bridgehead atoms. The molecule has 3 aliphatic rings. The molecule has 3 heteroatoms. The zero-order chi connectivity index (χ0) is 18.1. The highest BCUT2D eigenvalue weighted by atomic mass is 16.5. The van der Waals surface area contributed by atoms with Crippen molar-refractivity contribution in [1.29, 1.82) is 5.26 Å². The Morgan fingerprint density at radius 3 is 2.46 bits per heavy atom. The molecule has 0 aromatic heterocycles. The first-order valence-corrected chi connectivity index (χ1v) is 9.42. The summed E-state index contributed by atoms with van der Waals surface area (Å²) < 4.78 is 5.81. The molecule has 0 unspecified atom stereocenters. The van der Waals surface area contributed by atoms with Crippen molar-refractivity contribution >= 4 is 11.8 Å². The second-order valence-electron chi connectivity index (χ2n) is 7.31. The maximum absolute atomic E-state index is 9.14. The van der Waals surface area contributed by atoms with Crippen LogP contribution in [0.2, 0.25) is 0 Å². The zero-order valence-electron chi connectivity index (χ0n) is 15.5. The van der Waals surface area contributed by atoms with Gasteiger partial charge in [-0.1, -0.05) is 6.08 Å². The van der Waals surface area contributed by atoms with E-state index in [9.17, 15) is 0 Å². The fourth-order valence-corrected chi connectivity index (χ4v) is 4.13. The number of hydrogen-bond acceptors (Lipinski definition) is 3. The predicted octanol–water partition coefficient (Wildman–Crippen LogP) is 5.06. The van der Waals surface area contributed by atoms with Crippen LogP contribution in [-0.2, 0) is 17.6 Å². The molecule has 4 rings (SSSR count). The molecule has 0 N–H and O–H groups in total. The van der Waals surface area contributed by atoms with Crippen molar-refractivity contribution < 1.29 is 4.74 Å². The van der Waals surface area contributed by atoms with Gasteiger partial charge in [0.15, 0.2) is 0 Å². The Hall–Kier alpha value is -2.73. The van der Waals surface area contributed by atoms with Gasteiger partial charge in [0.2, 0.25) is 0 Å². The van der Waals surface area contributed by atoms with E-state index in [0.29, 0.717) is 5.57 Å². The standard InChI is InChI=1S/C23H24N2O/c1-16(15-24)21-11-17(2)26-22(14-21)8-7-18-12-19-5-3-9-25-10-4-6-20(13-18)23(19)25/h7-8,11-14H,3-6,9-10H2,1-2H3. The van der Waals surface area contributed by atoms with E-state index in [4.69, 9.17) is 10.00 Å². The maximum Gasteiger partial charge on any atom is 0.127 e. The molecule has 132 valence electrons. The molecule has 3 aliphatic heterocycles. The molecule has 3 heterocycles. The Morgan fingerprint density at radius 1 is 1.12 bits per heavy atom. The van der Waals surface area contributed by atoms with Gasteiger partial charge in [0.05, 0.1) is 6.07 Å². The SMILES string of the molecule is CC1=CC(=C(C)C#N)C=C(C=Cc2cc3c4c(c2)CCCN4CCC3)O1. The van der Waals surface area contributed by atoms with Crippen molar-refractivity contribution in [2.45, 2.75) is 39.5 Å². The molecule has 0 spiro atoms. The van der Waals surface area contributed by atoms with E-state index < -0.39 is 0 Å². The molecule has 0 amide bonds. The van der Waals surface area contributed by atoms with Crippen LogP contribution >= 0.6 is 0 Å². The lowest BCUT2D eigenvalue weighted by molar-refractivity contribution is 0.318. The van der Waals surface area contributed by atoms with Gasteiger partial charge in [-0.15, -0.1) is 0 Å². The lowest BCUT2D eigenvalue weighted by Gasteiger charge is -2.37. The van der Waals surface area contributed by atoms with Gasteiger partial charge in [0, 0.05) is 24.4 Å². The molecule has 0 fully saturated rings. The van der Waals surface area contributed by atoms with E-state index in [1.54, 1.807) is 0 Å². The van der Waals surface area contributed by atoms with Crippen LogP contribution in [0.15, 0.2) is 53.0 Å². The second kappa shape index (κ2) is 6.88. The highest BCUT2D eigenvalue weighted by Crippen LogP contribution is 2.36. The lowest BCUT2D eigenvalue weighted by atomic mass is 9.90. The number of nitrogens with zero attached hydrogens (tertiary/aromatic N) is 2. The van der Waals surface area contributed by atoms with Crippen LogP contribution in [0.3, 0.4) is 0 Å². The Balaban J connectivity index is 1.64. The first-order chi connectivity index (χ1) is 12.6. The summed E-state index contributed by atoms with van der Waals surface area (Å²) in [6.45, 7) is 6.16. The number of anilines is 1. The molecular weight excluding hydrogens is 320 g/mol. The van der Waals surface area contributed by atoms with Crippen molar-refractivity contribution in [3.8, 4) is 6.07 Å². The predicted molar refractivity (Wildman–Crippen MR) is 106 cm³/mol. The molecule has 0 saturated heterocycles. The molecule has 0 saturated carbocycles. The van der Waals surface area contributed by atoms with Crippen LogP contribution in [0.1, 0.15) is 43.4 Å². The van der Waals surface area contributed by atoms with E-state index in [1.165, 1.54) is 61.2 Å². The normalized spacial score (nSPS) is 20.7. The summed E-state index contributed by atoms with van der Waals surface area (Å²) in [4.78, 5) is 2.56. The highest BCUT2D eigenvalue weighted by molar-refractivity contribution is 5.68. The Bertz CT molecular complexity index is 878. The van der Waals surface area contributed by atoms with Gasteiger partial charge in [-0.25, -0.2) is 0 Å². The van der Waals surface area contributed by atoms with Gasteiger partial charge < -0.3 is 9.64 Å². The molecule has 1 aromatic rings. The first-order valence-electron chi connectivity index (χ1n) is 9.42.